The van der Waals surface area contributed by atoms with Crippen molar-refractivity contribution >= 4 is 17.9 Å². The van der Waals surface area contributed by atoms with Crippen molar-refractivity contribution in [2.75, 3.05) is 0 Å². The number of ether oxygens (including phenoxy) is 1. The quantitative estimate of drug-likeness (QED) is 0.757. The maximum atomic E-state index is 10.9. The zero-order valence-electron chi connectivity index (χ0n) is 9.31. The second-order valence-electron chi connectivity index (χ2n) is 3.67. The van der Waals surface area contributed by atoms with Crippen molar-refractivity contribution < 1.29 is 9.53 Å². The predicted octanol–water partition coefficient (Wildman–Crippen LogP) is 4.25. The van der Waals surface area contributed by atoms with E-state index < -0.39 is 0 Å². The molecule has 0 fully saturated rings. The van der Waals surface area contributed by atoms with E-state index in [4.69, 9.17) is 16.3 Å². The highest BCUT2D eigenvalue weighted by molar-refractivity contribution is 6.30. The fraction of sp³-hybridized carbons (Fsp3) is 0.0714. The van der Waals surface area contributed by atoms with Gasteiger partial charge in [0.1, 0.15) is 11.5 Å². The lowest BCUT2D eigenvalue weighted by molar-refractivity contribution is 0.112. The lowest BCUT2D eigenvalue weighted by Crippen LogP contribution is -1.92. The first kappa shape index (κ1) is 11.7. The number of hydrogen-bond donors (Lipinski definition) is 0. The van der Waals surface area contributed by atoms with E-state index in [0.29, 0.717) is 16.3 Å². The van der Waals surface area contributed by atoms with Crippen molar-refractivity contribution in [2.24, 2.45) is 0 Å². The number of hydrogen-bond acceptors (Lipinski definition) is 2. The number of halogens is 1. The highest BCUT2D eigenvalue weighted by Gasteiger charge is 2.06. The van der Waals surface area contributed by atoms with E-state index >= 15 is 0 Å². The maximum absolute atomic E-state index is 10.9. The summed E-state index contributed by atoms with van der Waals surface area (Å²) in [6.45, 7) is 1.94. The third-order valence-corrected chi connectivity index (χ3v) is 2.65. The molecule has 0 unspecified atom stereocenters. The average Bonchev–Trinajstić information content (AvgIpc) is 2.32. The molecule has 2 aromatic carbocycles. The zero-order valence-corrected chi connectivity index (χ0v) is 10.1. The summed E-state index contributed by atoms with van der Waals surface area (Å²) in [5.41, 5.74) is 1.49. The monoisotopic (exact) mass is 246 g/mol. The summed E-state index contributed by atoms with van der Waals surface area (Å²) in [4.78, 5) is 10.9. The number of aryl methyl sites for hydroxylation is 1. The van der Waals surface area contributed by atoms with Crippen LogP contribution in [0.1, 0.15) is 15.9 Å². The summed E-state index contributed by atoms with van der Waals surface area (Å²) in [6, 6.07) is 12.6. The third kappa shape index (κ3) is 2.66. The minimum atomic E-state index is 0.474. The molecule has 0 radical (unpaired) electrons. The Morgan fingerprint density at radius 3 is 2.59 bits per heavy atom. The molecule has 0 aromatic heterocycles. The Labute approximate surface area is 105 Å². The van der Waals surface area contributed by atoms with Crippen LogP contribution in [-0.4, -0.2) is 6.29 Å². The summed E-state index contributed by atoms with van der Waals surface area (Å²) < 4.78 is 5.70. The molecule has 2 aromatic rings. The molecule has 0 heterocycles. The molecular formula is C14H11ClO2. The molecule has 0 aliphatic carbocycles. The normalized spacial score (nSPS) is 10.0. The molecular weight excluding hydrogens is 236 g/mol. The molecule has 0 atom stereocenters. The van der Waals surface area contributed by atoms with Gasteiger partial charge in [-0.25, -0.2) is 0 Å². The van der Waals surface area contributed by atoms with Crippen LogP contribution in [0.2, 0.25) is 5.02 Å². The second-order valence-corrected chi connectivity index (χ2v) is 4.10. The second kappa shape index (κ2) is 5.02. The first-order valence-corrected chi connectivity index (χ1v) is 5.56. The van der Waals surface area contributed by atoms with Crippen molar-refractivity contribution in [3.8, 4) is 11.5 Å². The molecule has 0 saturated carbocycles. The van der Waals surface area contributed by atoms with E-state index in [-0.39, 0.29) is 0 Å². The average molecular weight is 247 g/mol. The Morgan fingerprint density at radius 2 is 1.88 bits per heavy atom. The van der Waals surface area contributed by atoms with Crippen LogP contribution in [-0.2, 0) is 0 Å². The van der Waals surface area contributed by atoms with Gasteiger partial charge in [-0.15, -0.1) is 0 Å². The van der Waals surface area contributed by atoms with Gasteiger partial charge in [0.2, 0.25) is 0 Å². The standard InChI is InChI=1S/C14H11ClO2/c1-10-4-2-3-5-13(10)17-14-8-12(15)7-6-11(14)9-16/h2-9H,1H3. The lowest BCUT2D eigenvalue weighted by atomic mass is 10.2. The number of benzene rings is 2. The van der Waals surface area contributed by atoms with Gasteiger partial charge in [-0.2, -0.15) is 0 Å². The van der Waals surface area contributed by atoms with Crippen molar-refractivity contribution in [3.05, 3.63) is 58.6 Å². The molecule has 0 spiro atoms. The van der Waals surface area contributed by atoms with Gasteiger partial charge < -0.3 is 4.74 Å². The fourth-order valence-corrected chi connectivity index (χ4v) is 1.65. The Bertz CT molecular complexity index is 550. The molecule has 2 rings (SSSR count). The molecule has 0 saturated heterocycles. The van der Waals surface area contributed by atoms with Crippen LogP contribution < -0.4 is 4.74 Å². The number of aldehydes is 1. The molecule has 0 aliphatic rings. The Balaban J connectivity index is 2.39. The number of rotatable bonds is 3. The van der Waals surface area contributed by atoms with E-state index in [1.165, 1.54) is 0 Å². The molecule has 0 aliphatic heterocycles. The van der Waals surface area contributed by atoms with E-state index in [1.807, 2.05) is 31.2 Å². The smallest absolute Gasteiger partial charge is 0.153 e. The van der Waals surface area contributed by atoms with Gasteiger partial charge in [-0.05, 0) is 30.7 Å². The molecule has 17 heavy (non-hydrogen) atoms. The first-order chi connectivity index (χ1) is 8.20. The van der Waals surface area contributed by atoms with Crippen LogP contribution in [0.25, 0.3) is 0 Å². The van der Waals surface area contributed by atoms with Gasteiger partial charge in [0.05, 0.1) is 5.56 Å². The van der Waals surface area contributed by atoms with Crippen molar-refractivity contribution in [2.45, 2.75) is 6.92 Å². The van der Waals surface area contributed by atoms with E-state index in [0.717, 1.165) is 17.6 Å². The van der Waals surface area contributed by atoms with Crippen molar-refractivity contribution in [3.63, 3.8) is 0 Å². The topological polar surface area (TPSA) is 26.3 Å². The molecule has 0 bridgehead atoms. The maximum Gasteiger partial charge on any atom is 0.153 e. The summed E-state index contributed by atoms with van der Waals surface area (Å²) >= 11 is 5.88. The van der Waals surface area contributed by atoms with Gasteiger partial charge in [0.15, 0.2) is 6.29 Å². The summed E-state index contributed by atoms with van der Waals surface area (Å²) in [5, 5.41) is 0.541. The first-order valence-electron chi connectivity index (χ1n) is 5.19. The Kier molecular flexibility index (Phi) is 3.45. The van der Waals surface area contributed by atoms with Crippen LogP contribution in [0.5, 0.6) is 11.5 Å². The SMILES string of the molecule is Cc1ccccc1Oc1cc(Cl)ccc1C=O. The van der Waals surface area contributed by atoms with E-state index in [2.05, 4.69) is 0 Å². The van der Waals surface area contributed by atoms with Gasteiger partial charge >= 0.3 is 0 Å². The minimum Gasteiger partial charge on any atom is -0.456 e. The Morgan fingerprint density at radius 1 is 1.12 bits per heavy atom. The van der Waals surface area contributed by atoms with E-state index in [9.17, 15) is 4.79 Å². The molecule has 0 N–H and O–H groups in total. The van der Waals surface area contributed by atoms with E-state index in [1.54, 1.807) is 18.2 Å². The summed E-state index contributed by atoms with van der Waals surface area (Å²) in [7, 11) is 0. The van der Waals surface area contributed by atoms with Crippen LogP contribution >= 0.6 is 11.6 Å². The molecule has 86 valence electrons. The predicted molar refractivity (Wildman–Crippen MR) is 68.1 cm³/mol. The third-order valence-electron chi connectivity index (χ3n) is 2.42. The Hall–Kier alpha value is -1.80. The van der Waals surface area contributed by atoms with Crippen molar-refractivity contribution in [1.82, 2.24) is 0 Å². The molecule has 0 amide bonds. The molecule has 2 nitrogen and oxygen atoms in total. The van der Waals surface area contributed by atoms with Crippen LogP contribution in [0.4, 0.5) is 0 Å². The molecule has 3 heteroatoms. The van der Waals surface area contributed by atoms with Gasteiger partial charge in [-0.3, -0.25) is 4.79 Å². The van der Waals surface area contributed by atoms with Gasteiger partial charge in [-0.1, -0.05) is 29.8 Å². The zero-order chi connectivity index (χ0) is 12.3. The number of carbonyl (C=O) groups is 1. The lowest BCUT2D eigenvalue weighted by Gasteiger charge is -2.10. The largest absolute Gasteiger partial charge is 0.456 e. The minimum absolute atomic E-state index is 0.474. The highest BCUT2D eigenvalue weighted by Crippen LogP contribution is 2.29. The van der Waals surface area contributed by atoms with Crippen molar-refractivity contribution in [1.29, 1.82) is 0 Å². The summed E-state index contributed by atoms with van der Waals surface area (Å²) in [5.74, 6) is 1.19. The number of para-hydroxylation sites is 1. The van der Waals surface area contributed by atoms with Crippen LogP contribution in [0, 0.1) is 6.92 Å². The van der Waals surface area contributed by atoms with Crippen LogP contribution in [0.15, 0.2) is 42.5 Å². The number of carbonyl (C=O) groups excluding carboxylic acids is 1. The van der Waals surface area contributed by atoms with Gasteiger partial charge in [0.25, 0.3) is 0 Å². The fourth-order valence-electron chi connectivity index (χ4n) is 1.48. The highest BCUT2D eigenvalue weighted by atomic mass is 35.5. The van der Waals surface area contributed by atoms with Crippen LogP contribution in [0.3, 0.4) is 0 Å². The summed E-state index contributed by atoms with van der Waals surface area (Å²) in [6.07, 6.45) is 0.754. The van der Waals surface area contributed by atoms with Gasteiger partial charge in [0, 0.05) is 11.1 Å².